The number of fused-ring (bicyclic) bond motifs is 3. The molecule has 1 aromatic heterocycles. The third-order valence-electron chi connectivity index (χ3n) is 7.55. The summed E-state index contributed by atoms with van der Waals surface area (Å²) in [5.74, 6) is 0.561. The van der Waals surface area contributed by atoms with Crippen LogP contribution in [0.2, 0.25) is 0 Å². The van der Waals surface area contributed by atoms with Crippen LogP contribution in [0, 0.1) is 0 Å². The highest BCUT2D eigenvalue weighted by atomic mass is 16.6. The summed E-state index contributed by atoms with van der Waals surface area (Å²) in [5.41, 5.74) is 4.44. The molecule has 222 valence electrons. The number of carbonyl (C=O) groups excluding carboxylic acids is 1. The van der Waals surface area contributed by atoms with E-state index in [0.29, 0.717) is 31.9 Å². The summed E-state index contributed by atoms with van der Waals surface area (Å²) in [5, 5.41) is 15.0. The van der Waals surface area contributed by atoms with Gasteiger partial charge in [0.25, 0.3) is 0 Å². The van der Waals surface area contributed by atoms with Gasteiger partial charge in [-0.25, -0.2) is 4.79 Å². The second-order valence-electron chi connectivity index (χ2n) is 11.6. The van der Waals surface area contributed by atoms with E-state index in [1.165, 1.54) is 0 Å². The Balaban J connectivity index is 1.43. The van der Waals surface area contributed by atoms with Gasteiger partial charge in [0.1, 0.15) is 18.4 Å². The van der Waals surface area contributed by atoms with Gasteiger partial charge in [0.2, 0.25) is 0 Å². The molecule has 3 aromatic rings. The predicted octanol–water partition coefficient (Wildman–Crippen LogP) is 3.96. The summed E-state index contributed by atoms with van der Waals surface area (Å²) in [4.78, 5) is 15.4. The zero-order chi connectivity index (χ0) is 29.0. The SMILES string of the molecule is CCOC(=O)C1NCCc2c1n(Cc1ccc(C(O)OC(C)(C)C)cc1)c1ccc(OCCN3CCOCC3)cc21. The Morgan fingerprint density at radius 3 is 2.61 bits per heavy atom. The Morgan fingerprint density at radius 2 is 1.90 bits per heavy atom. The molecule has 2 aromatic carbocycles. The number of rotatable bonds is 10. The van der Waals surface area contributed by atoms with Gasteiger partial charge in [-0.3, -0.25) is 10.2 Å². The van der Waals surface area contributed by atoms with Gasteiger partial charge in [-0.15, -0.1) is 0 Å². The Bertz CT molecular complexity index is 1320. The minimum absolute atomic E-state index is 0.266. The number of nitrogens with one attached hydrogen (secondary N) is 1. The third kappa shape index (κ3) is 7.10. The summed E-state index contributed by atoms with van der Waals surface area (Å²) < 4.78 is 25.0. The maximum absolute atomic E-state index is 13.1. The van der Waals surface area contributed by atoms with Gasteiger partial charge in [0, 0.05) is 49.2 Å². The molecule has 2 unspecified atom stereocenters. The van der Waals surface area contributed by atoms with Gasteiger partial charge < -0.3 is 28.6 Å². The molecule has 2 aliphatic rings. The number of morpholine rings is 1. The quantitative estimate of drug-likeness (QED) is 0.282. The average molecular weight is 566 g/mol. The molecule has 1 saturated heterocycles. The number of ether oxygens (including phenoxy) is 4. The van der Waals surface area contributed by atoms with Crippen molar-refractivity contribution in [3.63, 3.8) is 0 Å². The van der Waals surface area contributed by atoms with E-state index in [0.717, 1.165) is 72.7 Å². The van der Waals surface area contributed by atoms with Crippen LogP contribution in [-0.4, -0.2) is 78.8 Å². The van der Waals surface area contributed by atoms with Crippen molar-refractivity contribution in [2.75, 3.05) is 52.6 Å². The number of hydrogen-bond donors (Lipinski definition) is 2. The number of benzene rings is 2. The summed E-state index contributed by atoms with van der Waals surface area (Å²) in [6.45, 7) is 14.1. The molecule has 3 heterocycles. The van der Waals surface area contributed by atoms with Gasteiger partial charge >= 0.3 is 5.97 Å². The first-order chi connectivity index (χ1) is 19.7. The van der Waals surface area contributed by atoms with Crippen LogP contribution in [0.25, 0.3) is 10.9 Å². The minimum Gasteiger partial charge on any atom is -0.492 e. The monoisotopic (exact) mass is 565 g/mol. The minimum atomic E-state index is -0.997. The molecule has 41 heavy (non-hydrogen) atoms. The normalized spacial score (nSPS) is 18.7. The van der Waals surface area contributed by atoms with Crippen LogP contribution >= 0.6 is 0 Å². The number of aliphatic hydroxyl groups is 1. The van der Waals surface area contributed by atoms with Crippen molar-refractivity contribution in [2.24, 2.45) is 0 Å². The van der Waals surface area contributed by atoms with E-state index in [-0.39, 0.29) is 5.97 Å². The fourth-order valence-electron chi connectivity index (χ4n) is 5.63. The van der Waals surface area contributed by atoms with Crippen molar-refractivity contribution in [3.8, 4) is 5.75 Å². The van der Waals surface area contributed by atoms with Crippen LogP contribution in [0.5, 0.6) is 5.75 Å². The highest BCUT2D eigenvalue weighted by molar-refractivity contribution is 5.90. The Labute approximate surface area is 242 Å². The molecule has 1 fully saturated rings. The lowest BCUT2D eigenvalue weighted by molar-refractivity contribution is -0.169. The van der Waals surface area contributed by atoms with Crippen LogP contribution in [0.3, 0.4) is 0 Å². The molecule has 2 atom stereocenters. The highest BCUT2D eigenvalue weighted by Crippen LogP contribution is 2.36. The third-order valence-corrected chi connectivity index (χ3v) is 7.55. The number of esters is 1. The first-order valence-electron chi connectivity index (χ1n) is 14.7. The number of nitrogens with zero attached hydrogens (tertiary/aromatic N) is 2. The summed E-state index contributed by atoms with van der Waals surface area (Å²) in [6.07, 6.45) is -0.190. The predicted molar refractivity (Wildman–Crippen MR) is 157 cm³/mol. The molecule has 0 aliphatic carbocycles. The lowest BCUT2D eigenvalue weighted by Gasteiger charge is -2.26. The summed E-state index contributed by atoms with van der Waals surface area (Å²) >= 11 is 0. The molecular weight excluding hydrogens is 522 g/mol. The van der Waals surface area contributed by atoms with Crippen molar-refractivity contribution < 1.29 is 28.8 Å². The molecule has 0 spiro atoms. The van der Waals surface area contributed by atoms with E-state index in [9.17, 15) is 9.90 Å². The topological polar surface area (TPSA) is 94.4 Å². The summed E-state index contributed by atoms with van der Waals surface area (Å²) in [6, 6.07) is 13.5. The van der Waals surface area contributed by atoms with E-state index in [4.69, 9.17) is 18.9 Å². The first kappa shape index (κ1) is 29.5. The smallest absolute Gasteiger partial charge is 0.329 e. The van der Waals surface area contributed by atoms with Gasteiger partial charge in [-0.2, -0.15) is 0 Å². The maximum Gasteiger partial charge on any atom is 0.329 e. The van der Waals surface area contributed by atoms with Crippen LogP contribution in [-0.2, 0) is 32.0 Å². The molecule has 2 aliphatic heterocycles. The molecule has 0 bridgehead atoms. The van der Waals surface area contributed by atoms with Crippen molar-refractivity contribution >= 4 is 16.9 Å². The Hall–Kier alpha value is -2.95. The second-order valence-corrected chi connectivity index (χ2v) is 11.6. The summed E-state index contributed by atoms with van der Waals surface area (Å²) in [7, 11) is 0. The molecule has 5 rings (SSSR count). The van der Waals surface area contributed by atoms with Gasteiger partial charge in [-0.05, 0) is 63.4 Å². The zero-order valence-electron chi connectivity index (χ0n) is 24.7. The van der Waals surface area contributed by atoms with Crippen molar-refractivity contribution in [3.05, 3.63) is 64.8 Å². The fraction of sp³-hybridized carbons (Fsp3) is 0.531. The highest BCUT2D eigenvalue weighted by Gasteiger charge is 2.33. The molecule has 0 amide bonds. The Morgan fingerprint density at radius 1 is 1.15 bits per heavy atom. The Kier molecular flexibility index (Phi) is 9.31. The van der Waals surface area contributed by atoms with Crippen LogP contribution < -0.4 is 10.1 Å². The first-order valence-corrected chi connectivity index (χ1v) is 14.7. The number of aliphatic hydroxyl groups excluding tert-OH is 1. The molecule has 0 saturated carbocycles. The van der Waals surface area contributed by atoms with E-state index >= 15 is 0 Å². The van der Waals surface area contributed by atoms with E-state index in [1.807, 2.05) is 58.0 Å². The standard InChI is InChI=1S/C32H43N3O6/c1-5-39-31(37)28-29-25(12-13-33-28)26-20-24(40-19-16-34-14-17-38-18-15-34)10-11-27(26)35(29)21-22-6-8-23(9-7-22)30(36)41-32(2,3)4/h6-11,20,28,30,33,36H,5,12-19,21H2,1-4H3. The fourth-order valence-corrected chi connectivity index (χ4v) is 5.63. The van der Waals surface area contributed by atoms with Crippen molar-refractivity contribution in [1.82, 2.24) is 14.8 Å². The number of aromatic nitrogens is 1. The second kappa shape index (κ2) is 12.9. The lowest BCUT2D eigenvalue weighted by Crippen LogP contribution is -2.38. The molecule has 2 N–H and O–H groups in total. The van der Waals surface area contributed by atoms with Crippen molar-refractivity contribution in [1.29, 1.82) is 0 Å². The van der Waals surface area contributed by atoms with Gasteiger partial charge in [0.05, 0.1) is 31.1 Å². The zero-order valence-corrected chi connectivity index (χ0v) is 24.7. The molecule has 9 nitrogen and oxygen atoms in total. The molecule has 0 radical (unpaired) electrons. The van der Waals surface area contributed by atoms with Gasteiger partial charge in [0.15, 0.2) is 6.29 Å². The molecule has 9 heteroatoms. The number of carbonyl (C=O) groups is 1. The van der Waals surface area contributed by atoms with Crippen LogP contribution in [0.15, 0.2) is 42.5 Å². The molecular formula is C32H43N3O6. The lowest BCUT2D eigenvalue weighted by atomic mass is 9.99. The van der Waals surface area contributed by atoms with Crippen LogP contribution in [0.4, 0.5) is 0 Å². The maximum atomic E-state index is 13.1. The number of hydrogen-bond acceptors (Lipinski definition) is 8. The van der Waals surface area contributed by atoms with E-state index in [2.05, 4.69) is 26.9 Å². The van der Waals surface area contributed by atoms with Crippen LogP contribution in [0.1, 0.15) is 62.4 Å². The van der Waals surface area contributed by atoms with Crippen molar-refractivity contribution in [2.45, 2.75) is 58.6 Å². The average Bonchev–Trinajstić information content (AvgIpc) is 3.26. The largest absolute Gasteiger partial charge is 0.492 e. The van der Waals surface area contributed by atoms with E-state index < -0.39 is 17.9 Å². The van der Waals surface area contributed by atoms with E-state index in [1.54, 1.807) is 0 Å². The van der Waals surface area contributed by atoms with Gasteiger partial charge in [-0.1, -0.05) is 24.3 Å².